The Labute approximate surface area is 238 Å². The highest BCUT2D eigenvalue weighted by Gasteiger charge is 2.35. The van der Waals surface area contributed by atoms with Gasteiger partial charge in [0.15, 0.2) is 0 Å². The molecule has 7 nitrogen and oxygen atoms in total. The summed E-state index contributed by atoms with van der Waals surface area (Å²) in [7, 11) is 0. The van der Waals surface area contributed by atoms with Gasteiger partial charge in [-0.25, -0.2) is 4.79 Å². The second kappa shape index (κ2) is 12.4. The molecule has 0 saturated carbocycles. The predicted octanol–water partition coefficient (Wildman–Crippen LogP) is 7.63. The normalized spacial score (nSPS) is 15.7. The molecule has 1 aliphatic rings. The monoisotopic (exact) mass is 570 g/mol. The number of rotatable bonds is 9. The van der Waals surface area contributed by atoms with E-state index >= 15 is 0 Å². The van der Waals surface area contributed by atoms with Crippen LogP contribution in [0.1, 0.15) is 81.1 Å². The lowest BCUT2D eigenvalue weighted by molar-refractivity contribution is -0.138. The van der Waals surface area contributed by atoms with Crippen molar-refractivity contribution in [1.82, 2.24) is 20.4 Å². The maximum Gasteiger partial charge on any atom is 0.416 e. The number of ether oxygens (including phenoxy) is 1. The average Bonchev–Trinajstić information content (AvgIpc) is 3.57. The van der Waals surface area contributed by atoms with Gasteiger partial charge < -0.3 is 14.2 Å². The van der Waals surface area contributed by atoms with Gasteiger partial charge in [-0.1, -0.05) is 61.5 Å². The van der Waals surface area contributed by atoms with Crippen LogP contribution in [0.4, 0.5) is 18.0 Å². The summed E-state index contributed by atoms with van der Waals surface area (Å²) in [5.74, 6) is 0.639. The van der Waals surface area contributed by atoms with Gasteiger partial charge in [-0.15, -0.1) is 0 Å². The van der Waals surface area contributed by atoms with Crippen LogP contribution in [0.25, 0.3) is 11.4 Å². The number of amides is 1. The highest BCUT2D eigenvalue weighted by Crippen LogP contribution is 2.37. The first-order chi connectivity index (χ1) is 19.3. The molecule has 2 aromatic carbocycles. The van der Waals surface area contributed by atoms with Gasteiger partial charge in [0.2, 0.25) is 11.7 Å². The van der Waals surface area contributed by atoms with E-state index in [1.807, 2.05) is 29.2 Å². The summed E-state index contributed by atoms with van der Waals surface area (Å²) >= 11 is 0. The van der Waals surface area contributed by atoms with Gasteiger partial charge in [0.1, 0.15) is 17.5 Å². The third kappa shape index (κ3) is 7.89. The molecule has 0 aliphatic carbocycles. The van der Waals surface area contributed by atoms with Gasteiger partial charge in [0.05, 0.1) is 5.56 Å². The molecule has 3 aromatic rings. The van der Waals surface area contributed by atoms with Crippen molar-refractivity contribution >= 4 is 6.09 Å². The minimum atomic E-state index is -4.53. The van der Waals surface area contributed by atoms with Crippen LogP contribution in [0.2, 0.25) is 0 Å². The van der Waals surface area contributed by atoms with Crippen molar-refractivity contribution in [2.75, 3.05) is 6.54 Å². The summed E-state index contributed by atoms with van der Waals surface area (Å²) in [5.41, 5.74) is 1.28. The van der Waals surface area contributed by atoms with E-state index in [-0.39, 0.29) is 35.3 Å². The van der Waals surface area contributed by atoms with Crippen molar-refractivity contribution < 1.29 is 27.2 Å². The summed E-state index contributed by atoms with van der Waals surface area (Å²) in [5, 5.41) is 6.62. The second-order valence-electron chi connectivity index (χ2n) is 11.3. The van der Waals surface area contributed by atoms with Crippen LogP contribution in [-0.4, -0.2) is 33.3 Å². The summed E-state index contributed by atoms with van der Waals surface area (Å²) in [6.07, 6.45) is -0.947. The molecule has 2 heterocycles. The Morgan fingerprint density at radius 1 is 1.10 bits per heavy atom. The molecule has 0 spiro atoms. The van der Waals surface area contributed by atoms with E-state index in [2.05, 4.69) is 29.0 Å². The quantitative estimate of drug-likeness (QED) is 0.285. The number of alkyl halides is 3. The first-order valence-electron chi connectivity index (χ1n) is 13.9. The highest BCUT2D eigenvalue weighted by molar-refractivity contribution is 5.69. The molecule has 41 heavy (non-hydrogen) atoms. The number of aryl methyl sites for hydroxylation is 3. The number of hydrogen-bond donors (Lipinski definition) is 1. The summed E-state index contributed by atoms with van der Waals surface area (Å²) in [6, 6.07) is 11.8. The lowest BCUT2D eigenvalue weighted by atomic mass is 9.96. The number of likely N-dealkylation sites (tertiary alicyclic amines) is 1. The second-order valence-corrected chi connectivity index (χ2v) is 11.3. The highest BCUT2D eigenvalue weighted by atomic mass is 19.4. The van der Waals surface area contributed by atoms with Crippen molar-refractivity contribution in [1.29, 1.82) is 0 Å². The lowest BCUT2D eigenvalue weighted by Gasteiger charge is -2.27. The van der Waals surface area contributed by atoms with E-state index in [0.717, 1.165) is 30.9 Å². The van der Waals surface area contributed by atoms with E-state index < -0.39 is 23.4 Å². The Kier molecular flexibility index (Phi) is 9.09. The molecule has 1 saturated heterocycles. The lowest BCUT2D eigenvalue weighted by Crippen LogP contribution is -2.37. The fourth-order valence-corrected chi connectivity index (χ4v) is 4.97. The Morgan fingerprint density at radius 3 is 2.41 bits per heavy atom. The van der Waals surface area contributed by atoms with Crippen molar-refractivity contribution in [2.24, 2.45) is 0 Å². The number of carbonyl (C=O) groups excluding carboxylic acids is 1. The Balaban J connectivity index is 1.48. The molecule has 1 aliphatic heterocycles. The van der Waals surface area contributed by atoms with E-state index in [1.54, 1.807) is 26.8 Å². The standard InChI is InChI=1S/C31H37F3N4O3/c1-6-8-21-10-12-22(13-11-21)14-15-23-16-17-24(19-25(23)31(32,33)34)27-36-28(41-37-27)26-9-7-18-38(26)20(2)35-29(39)40-30(3,4)5/h10-13,16-17,19,26H,2,6-9,14-15,18H2,1,3-5H3,(H,35,39)/t26-/m0/s1. The smallest absolute Gasteiger partial charge is 0.416 e. The first kappa shape index (κ1) is 30.1. The van der Waals surface area contributed by atoms with E-state index in [0.29, 0.717) is 25.2 Å². The molecule has 0 bridgehead atoms. The zero-order valence-electron chi connectivity index (χ0n) is 24.0. The molecule has 1 aromatic heterocycles. The van der Waals surface area contributed by atoms with Gasteiger partial charge in [-0.05, 0) is 75.6 Å². The van der Waals surface area contributed by atoms with Crippen LogP contribution in [0.15, 0.2) is 59.4 Å². The molecule has 220 valence electrons. The molecular weight excluding hydrogens is 533 g/mol. The number of aromatic nitrogens is 2. The van der Waals surface area contributed by atoms with Crippen molar-refractivity contribution in [3.63, 3.8) is 0 Å². The number of halogens is 3. The number of hydrogen-bond acceptors (Lipinski definition) is 6. The minimum Gasteiger partial charge on any atom is -0.444 e. The van der Waals surface area contributed by atoms with E-state index in [9.17, 15) is 18.0 Å². The van der Waals surface area contributed by atoms with Gasteiger partial charge >= 0.3 is 12.3 Å². The number of alkyl carbamates (subject to hydrolysis) is 1. The maximum atomic E-state index is 14.1. The van der Waals surface area contributed by atoms with Crippen LogP contribution in [0, 0.1) is 0 Å². The number of nitrogens with one attached hydrogen (secondary N) is 1. The fraction of sp³-hybridized carbons (Fsp3) is 0.452. The van der Waals surface area contributed by atoms with Gasteiger partial charge in [0, 0.05) is 12.1 Å². The van der Waals surface area contributed by atoms with Crippen molar-refractivity contribution in [3.05, 3.63) is 83.0 Å². The number of benzene rings is 2. The topological polar surface area (TPSA) is 80.5 Å². The van der Waals surface area contributed by atoms with Crippen LogP contribution in [0.3, 0.4) is 0 Å². The van der Waals surface area contributed by atoms with Crippen LogP contribution < -0.4 is 5.32 Å². The molecule has 1 fully saturated rings. The largest absolute Gasteiger partial charge is 0.444 e. The minimum absolute atomic E-state index is 0.0705. The zero-order valence-corrected chi connectivity index (χ0v) is 24.0. The van der Waals surface area contributed by atoms with Crippen LogP contribution >= 0.6 is 0 Å². The third-order valence-corrected chi connectivity index (χ3v) is 6.89. The van der Waals surface area contributed by atoms with Crippen molar-refractivity contribution in [3.8, 4) is 11.4 Å². The van der Waals surface area contributed by atoms with Gasteiger partial charge in [0.25, 0.3) is 0 Å². The molecule has 0 unspecified atom stereocenters. The average molecular weight is 571 g/mol. The molecule has 1 atom stereocenters. The van der Waals surface area contributed by atoms with Crippen LogP contribution in [0.5, 0.6) is 0 Å². The Hall–Kier alpha value is -3.82. The summed E-state index contributed by atoms with van der Waals surface area (Å²) in [4.78, 5) is 18.5. The molecule has 10 heteroatoms. The molecular formula is C31H37F3N4O3. The first-order valence-corrected chi connectivity index (χ1v) is 13.9. The van der Waals surface area contributed by atoms with E-state index in [1.165, 1.54) is 11.6 Å². The molecule has 1 amide bonds. The number of carbonyl (C=O) groups is 1. The van der Waals surface area contributed by atoms with Crippen molar-refractivity contribution in [2.45, 2.75) is 84.0 Å². The fourth-order valence-electron chi connectivity index (χ4n) is 4.97. The summed E-state index contributed by atoms with van der Waals surface area (Å²) in [6.45, 7) is 11.9. The maximum absolute atomic E-state index is 14.1. The Morgan fingerprint density at radius 2 is 1.78 bits per heavy atom. The third-order valence-electron chi connectivity index (χ3n) is 6.89. The molecule has 1 N–H and O–H groups in total. The van der Waals surface area contributed by atoms with Gasteiger partial charge in [-0.3, -0.25) is 5.32 Å². The van der Waals surface area contributed by atoms with Crippen LogP contribution in [-0.2, 0) is 30.2 Å². The summed E-state index contributed by atoms with van der Waals surface area (Å²) < 4.78 is 53.0. The molecule has 0 radical (unpaired) electrons. The SMILES string of the molecule is C=C(NC(=O)OC(C)(C)C)N1CCC[C@H]1c1nc(-c2ccc(CCc3ccc(CCC)cc3)c(C(F)(F)F)c2)no1. The zero-order chi connectivity index (χ0) is 29.8. The predicted molar refractivity (Wildman–Crippen MR) is 150 cm³/mol. The Bertz CT molecular complexity index is 1360. The molecule has 4 rings (SSSR count). The van der Waals surface area contributed by atoms with E-state index in [4.69, 9.17) is 9.26 Å². The number of nitrogens with zero attached hydrogens (tertiary/aromatic N) is 3. The van der Waals surface area contributed by atoms with Gasteiger partial charge in [-0.2, -0.15) is 18.2 Å².